The summed E-state index contributed by atoms with van der Waals surface area (Å²) in [5.41, 5.74) is 2.28. The Balaban J connectivity index is 1.89. The smallest absolute Gasteiger partial charge is 0.433 e. The van der Waals surface area contributed by atoms with Crippen LogP contribution in [0.3, 0.4) is 0 Å². The molecule has 32 heavy (non-hydrogen) atoms. The van der Waals surface area contributed by atoms with Gasteiger partial charge in [0.25, 0.3) is 0 Å². The molecule has 2 aliphatic heterocycles. The molecule has 162 valence electrons. The average molecular weight is 429 g/mol. The monoisotopic (exact) mass is 429 g/mol. The van der Waals surface area contributed by atoms with Crippen LogP contribution in [-0.4, -0.2) is 40.7 Å². The van der Waals surface area contributed by atoms with Gasteiger partial charge >= 0.3 is 6.09 Å². The van der Waals surface area contributed by atoms with E-state index in [1.807, 2.05) is 36.4 Å². The first-order valence-electron chi connectivity index (χ1n) is 10.1. The summed E-state index contributed by atoms with van der Waals surface area (Å²) in [7, 11) is 1.59. The molecule has 0 fully saturated rings. The molecule has 8 nitrogen and oxygen atoms in total. The minimum Gasteiger partial charge on any atom is -0.497 e. The number of ether oxygens (including phenoxy) is 2. The van der Waals surface area contributed by atoms with E-state index in [0.717, 1.165) is 11.1 Å². The van der Waals surface area contributed by atoms with Gasteiger partial charge < -0.3 is 9.47 Å². The number of rotatable bonds is 2. The number of nitrogens with zero attached hydrogens (tertiary/aromatic N) is 5. The van der Waals surface area contributed by atoms with Crippen molar-refractivity contribution in [3.8, 4) is 11.8 Å². The van der Waals surface area contributed by atoms with E-state index < -0.39 is 17.9 Å². The second-order valence-corrected chi connectivity index (χ2v) is 8.27. The quantitative estimate of drug-likeness (QED) is 0.705. The molecular formula is C24H23N5O3. The van der Waals surface area contributed by atoms with Crippen molar-refractivity contribution in [2.45, 2.75) is 32.5 Å². The number of carbonyl (C=O) groups is 1. The molecule has 0 saturated heterocycles. The molecule has 0 saturated carbocycles. The van der Waals surface area contributed by atoms with Crippen molar-refractivity contribution in [3.63, 3.8) is 0 Å². The molecule has 2 aromatic rings. The molecule has 0 aliphatic carbocycles. The minimum atomic E-state index is -0.771. The number of carbonyl (C=O) groups excluding carboxylic acids is 1. The molecule has 1 amide bonds. The first kappa shape index (κ1) is 21.1. The molecule has 0 N–H and O–H groups in total. The van der Waals surface area contributed by atoms with Gasteiger partial charge in [-0.2, -0.15) is 20.5 Å². The standard InChI is InChI=1S/C24H23N5O3/c1-24(2,3)32-23(30)29-22-20-8-6-5-7-17(20)15-26-28(22)18(14-25)13-21(27-29)16-9-11-19(31-4)12-10-16/h5-13,15,22H,1-4H3. The SMILES string of the molecule is COc1ccc(C2=NN(C(=O)OC(C)(C)C)C3c4ccccc4C=NN3C(C#N)=C2)cc1. The Bertz CT molecular complexity index is 1170. The lowest BCUT2D eigenvalue weighted by Crippen LogP contribution is -2.43. The zero-order valence-corrected chi connectivity index (χ0v) is 18.3. The molecule has 0 radical (unpaired) electrons. The Hall–Kier alpha value is -4.12. The number of methoxy groups -OCH3 is 1. The maximum Gasteiger partial charge on any atom is 0.433 e. The highest BCUT2D eigenvalue weighted by molar-refractivity contribution is 6.09. The van der Waals surface area contributed by atoms with E-state index in [1.165, 1.54) is 10.0 Å². The highest BCUT2D eigenvalue weighted by atomic mass is 16.6. The Morgan fingerprint density at radius 2 is 1.84 bits per heavy atom. The maximum atomic E-state index is 13.3. The molecule has 0 spiro atoms. The molecule has 1 atom stereocenters. The summed E-state index contributed by atoms with van der Waals surface area (Å²) in [6.45, 7) is 5.38. The first-order valence-corrected chi connectivity index (χ1v) is 10.1. The van der Waals surface area contributed by atoms with Gasteiger partial charge in [-0.15, -0.1) is 0 Å². The summed E-state index contributed by atoms with van der Waals surface area (Å²) in [6.07, 6.45) is 1.87. The van der Waals surface area contributed by atoms with E-state index in [9.17, 15) is 10.1 Å². The lowest BCUT2D eigenvalue weighted by Gasteiger charge is -2.36. The van der Waals surface area contributed by atoms with Crippen LogP contribution in [0.25, 0.3) is 0 Å². The molecular weight excluding hydrogens is 406 g/mol. The van der Waals surface area contributed by atoms with Crippen LogP contribution in [0.5, 0.6) is 5.75 Å². The van der Waals surface area contributed by atoms with E-state index in [2.05, 4.69) is 16.3 Å². The van der Waals surface area contributed by atoms with Gasteiger partial charge in [-0.3, -0.25) is 0 Å². The molecule has 4 rings (SSSR count). The molecule has 2 aliphatic rings. The van der Waals surface area contributed by atoms with E-state index in [4.69, 9.17) is 9.47 Å². The normalized spacial score (nSPS) is 17.3. The molecule has 0 bridgehead atoms. The largest absolute Gasteiger partial charge is 0.497 e. The fraction of sp³-hybridized carbons (Fsp3) is 0.250. The lowest BCUT2D eigenvalue weighted by molar-refractivity contribution is -0.00432. The van der Waals surface area contributed by atoms with Gasteiger partial charge in [0, 0.05) is 22.8 Å². The van der Waals surface area contributed by atoms with Crippen LogP contribution < -0.4 is 4.74 Å². The van der Waals surface area contributed by atoms with E-state index in [1.54, 1.807) is 52.3 Å². The summed E-state index contributed by atoms with van der Waals surface area (Å²) >= 11 is 0. The van der Waals surface area contributed by atoms with Crippen LogP contribution in [0.2, 0.25) is 0 Å². The van der Waals surface area contributed by atoms with Crippen molar-refractivity contribution in [3.05, 3.63) is 77.0 Å². The van der Waals surface area contributed by atoms with Gasteiger partial charge in [0.1, 0.15) is 23.1 Å². The third kappa shape index (κ3) is 4.05. The Labute approximate surface area is 186 Å². The highest BCUT2D eigenvalue weighted by Crippen LogP contribution is 2.37. The summed E-state index contributed by atoms with van der Waals surface area (Å²) in [5.74, 6) is 0.687. The van der Waals surface area contributed by atoms with Gasteiger partial charge in [0.05, 0.1) is 19.0 Å². The van der Waals surface area contributed by atoms with Crippen molar-refractivity contribution >= 4 is 18.0 Å². The summed E-state index contributed by atoms with van der Waals surface area (Å²) in [4.78, 5) is 13.3. The van der Waals surface area contributed by atoms with Crippen molar-refractivity contribution in [1.29, 1.82) is 5.26 Å². The van der Waals surface area contributed by atoms with Crippen LogP contribution in [0, 0.1) is 11.3 Å². The fourth-order valence-corrected chi connectivity index (χ4v) is 3.44. The summed E-state index contributed by atoms with van der Waals surface area (Å²) in [5, 5.41) is 21.8. The molecule has 2 aromatic carbocycles. The Kier molecular flexibility index (Phi) is 5.41. The topological polar surface area (TPSA) is 90.5 Å². The Morgan fingerprint density at radius 3 is 2.50 bits per heavy atom. The number of hydrogen-bond acceptors (Lipinski definition) is 7. The van der Waals surface area contributed by atoms with E-state index in [0.29, 0.717) is 17.0 Å². The van der Waals surface area contributed by atoms with Crippen LogP contribution in [0.15, 0.2) is 70.5 Å². The molecule has 1 unspecified atom stereocenters. The van der Waals surface area contributed by atoms with Crippen LogP contribution in [0.1, 0.15) is 43.6 Å². The second kappa shape index (κ2) is 8.19. The number of benzene rings is 2. The van der Waals surface area contributed by atoms with Crippen LogP contribution in [-0.2, 0) is 4.74 Å². The van der Waals surface area contributed by atoms with Crippen molar-refractivity contribution < 1.29 is 14.3 Å². The van der Waals surface area contributed by atoms with Gasteiger partial charge in [-0.1, -0.05) is 24.3 Å². The predicted octanol–water partition coefficient (Wildman–Crippen LogP) is 4.41. The van der Waals surface area contributed by atoms with Crippen molar-refractivity contribution in [2.75, 3.05) is 7.11 Å². The van der Waals surface area contributed by atoms with Crippen molar-refractivity contribution in [1.82, 2.24) is 10.0 Å². The van der Waals surface area contributed by atoms with E-state index in [-0.39, 0.29) is 5.70 Å². The maximum absolute atomic E-state index is 13.3. The van der Waals surface area contributed by atoms with Crippen LogP contribution >= 0.6 is 0 Å². The number of nitriles is 1. The number of hydrazone groups is 2. The van der Waals surface area contributed by atoms with Crippen LogP contribution in [0.4, 0.5) is 4.79 Å². The molecule has 0 aromatic heterocycles. The third-order valence-corrected chi connectivity index (χ3v) is 4.88. The molecule has 8 heteroatoms. The number of amides is 1. The third-order valence-electron chi connectivity index (χ3n) is 4.88. The van der Waals surface area contributed by atoms with Crippen molar-refractivity contribution in [2.24, 2.45) is 10.2 Å². The average Bonchev–Trinajstić information content (AvgIpc) is 2.95. The minimum absolute atomic E-state index is 0.251. The number of hydrogen-bond donors (Lipinski definition) is 0. The lowest BCUT2D eigenvalue weighted by atomic mass is 10.0. The molecule has 2 heterocycles. The fourth-order valence-electron chi connectivity index (χ4n) is 3.44. The summed E-state index contributed by atoms with van der Waals surface area (Å²) < 4.78 is 10.9. The first-order chi connectivity index (χ1) is 15.3. The van der Waals surface area contributed by atoms with Gasteiger partial charge in [0.15, 0.2) is 6.17 Å². The van der Waals surface area contributed by atoms with Gasteiger partial charge in [-0.05, 0) is 45.0 Å². The second-order valence-electron chi connectivity index (χ2n) is 8.27. The van der Waals surface area contributed by atoms with E-state index >= 15 is 0 Å². The van der Waals surface area contributed by atoms with Gasteiger partial charge in [-0.25, -0.2) is 9.80 Å². The predicted molar refractivity (Wildman–Crippen MR) is 120 cm³/mol. The zero-order chi connectivity index (χ0) is 22.9. The summed E-state index contributed by atoms with van der Waals surface area (Å²) in [6, 6.07) is 17.0. The number of fused-ring (bicyclic) bond motifs is 3. The zero-order valence-electron chi connectivity index (χ0n) is 18.3. The number of allylic oxidation sites excluding steroid dienone is 2. The Morgan fingerprint density at radius 1 is 1.12 bits per heavy atom. The highest BCUT2D eigenvalue weighted by Gasteiger charge is 2.39. The van der Waals surface area contributed by atoms with Gasteiger partial charge in [0.2, 0.25) is 0 Å².